The zero-order valence-corrected chi connectivity index (χ0v) is 14.1. The predicted molar refractivity (Wildman–Crippen MR) is 97.4 cm³/mol. The lowest BCUT2D eigenvalue weighted by Crippen LogP contribution is -2.36. The number of carbonyl (C=O) groups is 1. The molecular formula is C19H22N4O2. The molecule has 2 aliphatic rings. The molecule has 2 aromatic rings. The zero-order chi connectivity index (χ0) is 17.1. The summed E-state index contributed by atoms with van der Waals surface area (Å²) in [6.07, 6.45) is 9.35. The van der Waals surface area contributed by atoms with Gasteiger partial charge < -0.3 is 10.1 Å². The van der Waals surface area contributed by atoms with E-state index >= 15 is 0 Å². The van der Waals surface area contributed by atoms with Crippen LogP contribution >= 0.6 is 0 Å². The normalized spacial score (nSPS) is 18.2. The van der Waals surface area contributed by atoms with Crippen LogP contribution in [0.15, 0.2) is 30.5 Å². The van der Waals surface area contributed by atoms with Crippen LogP contribution in [-0.4, -0.2) is 35.3 Å². The minimum atomic E-state index is -0.185. The molecule has 6 nitrogen and oxygen atoms in total. The third-order valence-corrected chi connectivity index (χ3v) is 4.80. The zero-order valence-electron chi connectivity index (χ0n) is 14.1. The van der Waals surface area contributed by atoms with Crippen LogP contribution in [0, 0.1) is 0 Å². The SMILES string of the molecule is O=C(Nc1ccc2ncc(C3=CCOCC3)cc2n1)NC1CCCC1. The Hall–Kier alpha value is -2.47. The van der Waals surface area contributed by atoms with Crippen molar-refractivity contribution in [3.63, 3.8) is 0 Å². The molecule has 1 aliphatic carbocycles. The van der Waals surface area contributed by atoms with Crippen LogP contribution in [0.25, 0.3) is 16.6 Å². The van der Waals surface area contributed by atoms with E-state index < -0.39 is 0 Å². The van der Waals surface area contributed by atoms with E-state index in [1.165, 1.54) is 18.4 Å². The Morgan fingerprint density at radius 1 is 1.20 bits per heavy atom. The van der Waals surface area contributed by atoms with Crippen molar-refractivity contribution in [2.75, 3.05) is 18.5 Å². The minimum absolute atomic E-state index is 0.185. The number of ether oxygens (including phenoxy) is 1. The number of hydrogen-bond donors (Lipinski definition) is 2. The van der Waals surface area contributed by atoms with Crippen LogP contribution in [0.5, 0.6) is 0 Å². The molecule has 0 aromatic carbocycles. The Labute approximate surface area is 146 Å². The van der Waals surface area contributed by atoms with Crippen LogP contribution in [0.2, 0.25) is 0 Å². The summed E-state index contributed by atoms with van der Waals surface area (Å²) in [5.41, 5.74) is 3.90. The first-order valence-corrected chi connectivity index (χ1v) is 8.89. The van der Waals surface area contributed by atoms with Crippen LogP contribution in [0.4, 0.5) is 10.6 Å². The highest BCUT2D eigenvalue weighted by atomic mass is 16.5. The summed E-state index contributed by atoms with van der Waals surface area (Å²) < 4.78 is 5.36. The summed E-state index contributed by atoms with van der Waals surface area (Å²) >= 11 is 0. The molecule has 6 heteroatoms. The standard InChI is InChI=1S/C19H22N4O2/c24-19(21-15-3-1-2-4-15)23-18-6-5-16-17(22-18)11-14(12-20-16)13-7-9-25-10-8-13/h5-7,11-12,15H,1-4,8-10H2,(H2,21,22,23,24). The Morgan fingerprint density at radius 3 is 2.88 bits per heavy atom. The van der Waals surface area contributed by atoms with Crippen molar-refractivity contribution in [2.45, 2.75) is 38.1 Å². The van der Waals surface area contributed by atoms with Gasteiger partial charge in [-0.15, -0.1) is 0 Å². The van der Waals surface area contributed by atoms with Gasteiger partial charge in [0.15, 0.2) is 0 Å². The van der Waals surface area contributed by atoms with Crippen molar-refractivity contribution in [1.29, 1.82) is 0 Å². The van der Waals surface area contributed by atoms with E-state index in [1.807, 2.05) is 18.3 Å². The summed E-state index contributed by atoms with van der Waals surface area (Å²) in [6, 6.07) is 5.80. The summed E-state index contributed by atoms with van der Waals surface area (Å²) in [6.45, 7) is 1.38. The van der Waals surface area contributed by atoms with Gasteiger partial charge in [-0.3, -0.25) is 10.3 Å². The molecule has 1 fully saturated rings. The van der Waals surface area contributed by atoms with Gasteiger partial charge in [-0.1, -0.05) is 18.9 Å². The second-order valence-corrected chi connectivity index (χ2v) is 6.59. The summed E-state index contributed by atoms with van der Waals surface area (Å²) in [4.78, 5) is 21.2. The number of fused-ring (bicyclic) bond motifs is 1. The smallest absolute Gasteiger partial charge is 0.320 e. The van der Waals surface area contributed by atoms with Gasteiger partial charge in [-0.2, -0.15) is 0 Å². The highest BCUT2D eigenvalue weighted by Crippen LogP contribution is 2.24. The molecule has 2 amide bonds. The van der Waals surface area contributed by atoms with Gasteiger partial charge in [0, 0.05) is 12.2 Å². The molecule has 0 saturated heterocycles. The van der Waals surface area contributed by atoms with Crippen molar-refractivity contribution in [1.82, 2.24) is 15.3 Å². The van der Waals surface area contributed by atoms with Gasteiger partial charge >= 0.3 is 6.03 Å². The topological polar surface area (TPSA) is 76.1 Å². The second-order valence-electron chi connectivity index (χ2n) is 6.59. The molecule has 1 aliphatic heterocycles. The predicted octanol–water partition coefficient (Wildman–Crippen LogP) is 3.50. The molecule has 0 radical (unpaired) electrons. The number of urea groups is 1. The monoisotopic (exact) mass is 338 g/mol. The molecule has 25 heavy (non-hydrogen) atoms. The lowest BCUT2D eigenvalue weighted by Gasteiger charge is -2.14. The van der Waals surface area contributed by atoms with Crippen molar-refractivity contribution < 1.29 is 9.53 Å². The van der Waals surface area contributed by atoms with Gasteiger partial charge in [0.05, 0.1) is 24.2 Å². The van der Waals surface area contributed by atoms with Crippen LogP contribution in [0.1, 0.15) is 37.7 Å². The molecule has 2 N–H and O–H groups in total. The number of carbonyl (C=O) groups excluding carboxylic acids is 1. The number of nitrogens with zero attached hydrogens (tertiary/aromatic N) is 2. The Kier molecular flexibility index (Phi) is 4.61. The molecule has 1 saturated carbocycles. The van der Waals surface area contributed by atoms with Crippen LogP contribution in [0.3, 0.4) is 0 Å². The molecule has 4 rings (SSSR count). The number of anilines is 1. The second kappa shape index (κ2) is 7.19. The van der Waals surface area contributed by atoms with E-state index in [0.717, 1.165) is 42.5 Å². The quantitative estimate of drug-likeness (QED) is 0.898. The van der Waals surface area contributed by atoms with Gasteiger partial charge in [0.1, 0.15) is 5.82 Å². The fourth-order valence-electron chi connectivity index (χ4n) is 3.45. The molecule has 0 atom stereocenters. The molecule has 130 valence electrons. The largest absolute Gasteiger partial charge is 0.377 e. The Balaban J connectivity index is 1.51. The fraction of sp³-hybridized carbons (Fsp3) is 0.421. The van der Waals surface area contributed by atoms with Crippen molar-refractivity contribution in [2.24, 2.45) is 0 Å². The lowest BCUT2D eigenvalue weighted by atomic mass is 10.0. The first-order chi connectivity index (χ1) is 12.3. The number of pyridine rings is 2. The molecule has 2 aromatic heterocycles. The van der Waals surface area contributed by atoms with E-state index in [-0.39, 0.29) is 12.1 Å². The maximum Gasteiger partial charge on any atom is 0.320 e. The van der Waals surface area contributed by atoms with Gasteiger partial charge in [-0.05, 0) is 48.6 Å². The number of aromatic nitrogens is 2. The molecule has 3 heterocycles. The first kappa shape index (κ1) is 16.0. The van der Waals surface area contributed by atoms with E-state index in [2.05, 4.69) is 26.7 Å². The van der Waals surface area contributed by atoms with Gasteiger partial charge in [0.25, 0.3) is 0 Å². The van der Waals surface area contributed by atoms with Crippen LogP contribution < -0.4 is 10.6 Å². The number of rotatable bonds is 3. The average Bonchev–Trinajstić information content (AvgIpc) is 3.14. The maximum atomic E-state index is 12.1. The van der Waals surface area contributed by atoms with E-state index in [0.29, 0.717) is 12.4 Å². The number of nitrogens with one attached hydrogen (secondary N) is 2. The summed E-state index contributed by atoms with van der Waals surface area (Å²) in [5, 5.41) is 5.85. The fourth-order valence-corrected chi connectivity index (χ4v) is 3.45. The summed E-state index contributed by atoms with van der Waals surface area (Å²) in [7, 11) is 0. The number of amides is 2. The average molecular weight is 338 g/mol. The highest BCUT2D eigenvalue weighted by molar-refractivity contribution is 5.90. The van der Waals surface area contributed by atoms with Crippen LogP contribution in [-0.2, 0) is 4.74 Å². The first-order valence-electron chi connectivity index (χ1n) is 8.89. The van der Waals surface area contributed by atoms with Gasteiger partial charge in [-0.25, -0.2) is 9.78 Å². The molecule has 0 spiro atoms. The number of hydrogen-bond acceptors (Lipinski definition) is 4. The minimum Gasteiger partial charge on any atom is -0.377 e. The Bertz CT molecular complexity index is 812. The Morgan fingerprint density at radius 2 is 2.08 bits per heavy atom. The van der Waals surface area contributed by atoms with Crippen molar-refractivity contribution in [3.8, 4) is 0 Å². The third-order valence-electron chi connectivity index (χ3n) is 4.80. The van der Waals surface area contributed by atoms with E-state index in [4.69, 9.17) is 4.74 Å². The van der Waals surface area contributed by atoms with E-state index in [9.17, 15) is 4.79 Å². The van der Waals surface area contributed by atoms with Gasteiger partial charge in [0.2, 0.25) is 0 Å². The van der Waals surface area contributed by atoms with Crippen molar-refractivity contribution in [3.05, 3.63) is 36.0 Å². The van der Waals surface area contributed by atoms with E-state index in [1.54, 1.807) is 6.07 Å². The van der Waals surface area contributed by atoms with Crippen molar-refractivity contribution >= 4 is 28.5 Å². The third kappa shape index (κ3) is 3.79. The molecule has 0 unspecified atom stereocenters. The lowest BCUT2D eigenvalue weighted by molar-refractivity contribution is 0.161. The molecular weight excluding hydrogens is 316 g/mol. The molecule has 0 bridgehead atoms. The highest BCUT2D eigenvalue weighted by Gasteiger charge is 2.17. The maximum absolute atomic E-state index is 12.1. The summed E-state index contributed by atoms with van der Waals surface area (Å²) in [5.74, 6) is 0.544.